The minimum Gasteiger partial charge on any atom is -0.438 e. The van der Waals surface area contributed by atoms with Gasteiger partial charge >= 0.3 is 12.3 Å². The Morgan fingerprint density at radius 2 is 2.09 bits per heavy atom. The number of aliphatic imine (C=N–C) groups is 1. The number of pyridine rings is 2. The predicted octanol–water partition coefficient (Wildman–Crippen LogP) is 6.03. The molecule has 6 nitrogen and oxygen atoms in total. The highest BCUT2D eigenvalue weighted by Crippen LogP contribution is 2.43. The number of alkyl halides is 4. The van der Waals surface area contributed by atoms with Gasteiger partial charge in [0, 0.05) is 35.0 Å². The van der Waals surface area contributed by atoms with Crippen molar-refractivity contribution in [2.75, 3.05) is 11.9 Å². The Balaban J connectivity index is 1.94. The molecule has 0 saturated carbocycles. The van der Waals surface area contributed by atoms with E-state index in [1.54, 1.807) is 6.21 Å². The first-order valence-corrected chi connectivity index (χ1v) is 10.8. The lowest BCUT2D eigenvalue weighted by Gasteiger charge is -2.32. The Kier molecular flexibility index (Phi) is 6.11. The number of hydrogen-bond donors (Lipinski definition) is 1. The molecule has 4 heterocycles. The third-order valence-corrected chi connectivity index (χ3v) is 6.40. The lowest BCUT2D eigenvalue weighted by atomic mass is 9.74. The number of aromatic nitrogens is 2. The van der Waals surface area contributed by atoms with Gasteiger partial charge in [0.05, 0.1) is 11.3 Å². The van der Waals surface area contributed by atoms with Crippen LogP contribution in [-0.4, -0.2) is 35.0 Å². The van der Waals surface area contributed by atoms with Gasteiger partial charge in [-0.25, -0.2) is 14.2 Å². The van der Waals surface area contributed by atoms with Crippen LogP contribution in [0.25, 0.3) is 11.3 Å². The average Bonchev–Trinajstić information content (AvgIpc) is 3.03. The third kappa shape index (κ3) is 4.43. The summed E-state index contributed by atoms with van der Waals surface area (Å²) in [5, 5.41) is 2.40. The second kappa shape index (κ2) is 8.72. The fourth-order valence-electron chi connectivity index (χ4n) is 4.53. The van der Waals surface area contributed by atoms with Gasteiger partial charge in [0.2, 0.25) is 0 Å². The van der Waals surface area contributed by atoms with Gasteiger partial charge in [0.25, 0.3) is 0 Å². The monoisotopic (exact) mass is 464 g/mol. The Labute approximate surface area is 188 Å². The highest BCUT2D eigenvalue weighted by atomic mass is 19.4. The number of ether oxygens (including phenoxy) is 1. The highest BCUT2D eigenvalue weighted by Gasteiger charge is 2.39. The van der Waals surface area contributed by atoms with E-state index in [-0.39, 0.29) is 22.6 Å². The molecular weight excluding hydrogens is 440 g/mol. The number of rotatable bonds is 4. The molecule has 1 amide bonds. The molecule has 1 N–H and O–H groups in total. The molecule has 2 aromatic rings. The van der Waals surface area contributed by atoms with Crippen molar-refractivity contribution in [3.8, 4) is 11.3 Å². The molecule has 0 radical (unpaired) electrons. The van der Waals surface area contributed by atoms with Gasteiger partial charge in [-0.05, 0) is 57.0 Å². The predicted molar refractivity (Wildman–Crippen MR) is 115 cm³/mol. The van der Waals surface area contributed by atoms with Gasteiger partial charge in [-0.3, -0.25) is 15.3 Å². The van der Waals surface area contributed by atoms with E-state index < -0.39 is 35.5 Å². The standard InChI is InChI=1S/C23H24F4N4O2/c1-3-22(6-4-8-28-10-7-22)17-12-14(23(25,26)27)11-16(30-17)15-5-9-29-20-18(15)19(13(2)24)33-21(32)31-20/h5,8-9,11-13,19H,3-4,6-7,10H2,1-2H3,(H,29,31,32)/t13-,19-,22?/m0/s1. The lowest BCUT2D eigenvalue weighted by molar-refractivity contribution is -0.137. The highest BCUT2D eigenvalue weighted by molar-refractivity contribution is 5.89. The zero-order chi connectivity index (χ0) is 23.8. The minimum absolute atomic E-state index is 0.0295. The van der Waals surface area contributed by atoms with Crippen molar-refractivity contribution in [2.24, 2.45) is 4.99 Å². The van der Waals surface area contributed by atoms with Gasteiger partial charge in [0.1, 0.15) is 12.0 Å². The normalized spacial score (nSPS) is 23.8. The van der Waals surface area contributed by atoms with E-state index >= 15 is 0 Å². The smallest absolute Gasteiger partial charge is 0.416 e. The van der Waals surface area contributed by atoms with Crippen molar-refractivity contribution in [3.05, 3.63) is 41.2 Å². The molecule has 10 heteroatoms. The van der Waals surface area contributed by atoms with E-state index in [4.69, 9.17) is 4.74 Å². The molecule has 0 spiro atoms. The molecule has 0 saturated heterocycles. The first-order chi connectivity index (χ1) is 15.6. The fourth-order valence-corrected chi connectivity index (χ4v) is 4.53. The van der Waals surface area contributed by atoms with Crippen molar-refractivity contribution < 1.29 is 27.1 Å². The number of hydrogen-bond acceptors (Lipinski definition) is 5. The number of nitrogens with one attached hydrogen (secondary N) is 1. The summed E-state index contributed by atoms with van der Waals surface area (Å²) in [6.45, 7) is 3.66. The van der Waals surface area contributed by atoms with Crippen LogP contribution in [-0.2, 0) is 16.3 Å². The van der Waals surface area contributed by atoms with Crippen LogP contribution in [0.15, 0.2) is 29.4 Å². The van der Waals surface area contributed by atoms with Crippen LogP contribution in [0.2, 0.25) is 0 Å². The first kappa shape index (κ1) is 23.1. The summed E-state index contributed by atoms with van der Waals surface area (Å²) in [5.41, 5.74) is -0.649. The van der Waals surface area contributed by atoms with Crippen LogP contribution >= 0.6 is 0 Å². The molecule has 0 aliphatic carbocycles. The molecule has 0 fully saturated rings. The zero-order valence-electron chi connectivity index (χ0n) is 18.2. The molecule has 2 aromatic heterocycles. The van der Waals surface area contributed by atoms with Crippen LogP contribution in [0.5, 0.6) is 0 Å². The Morgan fingerprint density at radius 3 is 2.79 bits per heavy atom. The maximum absolute atomic E-state index is 14.4. The average molecular weight is 464 g/mol. The van der Waals surface area contributed by atoms with E-state index in [1.807, 2.05) is 6.92 Å². The molecule has 0 aromatic carbocycles. The number of cyclic esters (lactones) is 1. The molecule has 33 heavy (non-hydrogen) atoms. The van der Waals surface area contributed by atoms with Crippen molar-refractivity contribution in [1.29, 1.82) is 0 Å². The van der Waals surface area contributed by atoms with Gasteiger partial charge < -0.3 is 4.74 Å². The first-order valence-electron chi connectivity index (χ1n) is 10.8. The summed E-state index contributed by atoms with van der Waals surface area (Å²) in [6, 6.07) is 3.53. The molecule has 176 valence electrons. The van der Waals surface area contributed by atoms with Crippen LogP contribution in [0.4, 0.5) is 28.2 Å². The molecule has 0 bridgehead atoms. The minimum atomic E-state index is -4.60. The summed E-state index contributed by atoms with van der Waals surface area (Å²) in [5.74, 6) is 0.0482. The number of anilines is 1. The topological polar surface area (TPSA) is 76.5 Å². The molecular formula is C23H24F4N4O2. The molecule has 2 aliphatic heterocycles. The zero-order valence-corrected chi connectivity index (χ0v) is 18.2. The number of carbonyl (C=O) groups excluding carboxylic acids is 1. The Bertz CT molecular complexity index is 1070. The Morgan fingerprint density at radius 1 is 1.30 bits per heavy atom. The quantitative estimate of drug-likeness (QED) is 0.561. The summed E-state index contributed by atoms with van der Waals surface area (Å²) < 4.78 is 61.3. The van der Waals surface area contributed by atoms with E-state index in [0.717, 1.165) is 12.1 Å². The van der Waals surface area contributed by atoms with Crippen molar-refractivity contribution >= 4 is 18.1 Å². The number of halogens is 4. The lowest BCUT2D eigenvalue weighted by Crippen LogP contribution is -2.30. The van der Waals surface area contributed by atoms with Crippen molar-refractivity contribution in [1.82, 2.24) is 9.97 Å². The van der Waals surface area contributed by atoms with Gasteiger partial charge in [-0.2, -0.15) is 13.2 Å². The van der Waals surface area contributed by atoms with E-state index in [1.165, 1.54) is 19.2 Å². The summed E-state index contributed by atoms with van der Waals surface area (Å²) in [7, 11) is 0. The van der Waals surface area contributed by atoms with Gasteiger partial charge in [-0.1, -0.05) is 6.92 Å². The molecule has 4 rings (SSSR count). The van der Waals surface area contributed by atoms with Gasteiger partial charge in [-0.15, -0.1) is 0 Å². The second-order valence-electron chi connectivity index (χ2n) is 8.38. The Hall–Kier alpha value is -3.04. The van der Waals surface area contributed by atoms with Gasteiger partial charge in [0.15, 0.2) is 6.10 Å². The number of nitrogens with zero attached hydrogens (tertiary/aromatic N) is 3. The number of carbonyl (C=O) groups is 1. The molecule has 1 unspecified atom stereocenters. The van der Waals surface area contributed by atoms with Crippen molar-refractivity contribution in [2.45, 2.75) is 63.4 Å². The number of fused-ring (bicyclic) bond motifs is 1. The van der Waals surface area contributed by atoms with E-state index in [2.05, 4.69) is 20.3 Å². The maximum Gasteiger partial charge on any atom is 0.416 e. The van der Waals surface area contributed by atoms with Crippen molar-refractivity contribution in [3.63, 3.8) is 0 Å². The molecule has 2 aliphatic rings. The molecule has 3 atom stereocenters. The fraction of sp³-hybridized carbons (Fsp3) is 0.478. The third-order valence-electron chi connectivity index (χ3n) is 6.40. The van der Waals surface area contributed by atoms with Crippen LogP contribution < -0.4 is 5.32 Å². The second-order valence-corrected chi connectivity index (χ2v) is 8.38. The largest absolute Gasteiger partial charge is 0.438 e. The van der Waals surface area contributed by atoms with Crippen LogP contribution in [0.1, 0.15) is 62.5 Å². The van der Waals surface area contributed by atoms with E-state index in [0.29, 0.717) is 37.9 Å². The van der Waals surface area contributed by atoms with Crippen LogP contribution in [0, 0.1) is 0 Å². The summed E-state index contributed by atoms with van der Waals surface area (Å²) in [6.07, 6.45) is -2.81. The van der Waals surface area contributed by atoms with E-state index in [9.17, 15) is 22.4 Å². The summed E-state index contributed by atoms with van der Waals surface area (Å²) in [4.78, 5) is 24.9. The van der Waals surface area contributed by atoms with Crippen LogP contribution in [0.3, 0.4) is 0 Å². The number of amides is 1. The SMILES string of the molecule is CCC1(c2cc(C(F)(F)F)cc(-c3ccnc4c3[C@H]([C@H](C)F)OC(=O)N4)n2)CCC=NCC1. The maximum atomic E-state index is 14.4. The summed E-state index contributed by atoms with van der Waals surface area (Å²) >= 11 is 0.